The highest BCUT2D eigenvalue weighted by molar-refractivity contribution is 7.88. The Labute approximate surface area is 159 Å². The number of nitrogens with one attached hydrogen (secondary N) is 1. The van der Waals surface area contributed by atoms with Gasteiger partial charge in [0.2, 0.25) is 21.9 Å². The number of sulfonamides is 1. The summed E-state index contributed by atoms with van der Waals surface area (Å²) in [7, 11) is -3.17. The van der Waals surface area contributed by atoms with Crippen molar-refractivity contribution in [2.45, 2.75) is 56.8 Å². The van der Waals surface area contributed by atoms with Crippen molar-refractivity contribution in [3.63, 3.8) is 0 Å². The lowest BCUT2D eigenvalue weighted by molar-refractivity contribution is -0.0271. The highest BCUT2D eigenvalue weighted by atomic mass is 32.2. The molecule has 1 aromatic heterocycles. The number of ether oxygens (including phenoxy) is 1. The van der Waals surface area contributed by atoms with Crippen LogP contribution in [0.1, 0.15) is 44.6 Å². The molecule has 2 heterocycles. The topological polar surface area (TPSA) is 128 Å². The second-order valence-corrected chi connectivity index (χ2v) is 9.44. The molecule has 1 aliphatic carbocycles. The SMILES string of the molecule is C[C@@]1(O)CCC[C@H]1Oc1nc(NC2CCN(S(C)(=O)=O)CC2)ncc1C#N. The number of hydrogen-bond acceptors (Lipinski definition) is 8. The average molecular weight is 395 g/mol. The number of nitriles is 1. The van der Waals surface area contributed by atoms with Crippen molar-refractivity contribution in [2.24, 2.45) is 0 Å². The molecular formula is C17H25N5O4S. The first-order valence-electron chi connectivity index (χ1n) is 9.07. The Morgan fingerprint density at radius 1 is 1.41 bits per heavy atom. The Morgan fingerprint density at radius 3 is 2.67 bits per heavy atom. The van der Waals surface area contributed by atoms with Crippen LogP contribution in [-0.4, -0.2) is 64.9 Å². The Kier molecular flexibility index (Phi) is 5.55. The van der Waals surface area contributed by atoms with Gasteiger partial charge in [0.05, 0.1) is 18.1 Å². The number of rotatable bonds is 5. The summed E-state index contributed by atoms with van der Waals surface area (Å²) < 4.78 is 30.5. The van der Waals surface area contributed by atoms with Crippen LogP contribution in [0, 0.1) is 11.3 Å². The highest BCUT2D eigenvalue weighted by Gasteiger charge is 2.39. The van der Waals surface area contributed by atoms with Crippen molar-refractivity contribution < 1.29 is 18.3 Å². The van der Waals surface area contributed by atoms with Crippen molar-refractivity contribution >= 4 is 16.0 Å². The number of anilines is 1. The molecule has 10 heteroatoms. The van der Waals surface area contributed by atoms with E-state index in [1.807, 2.05) is 6.07 Å². The molecule has 0 aromatic carbocycles. The van der Waals surface area contributed by atoms with E-state index in [1.54, 1.807) is 6.92 Å². The summed E-state index contributed by atoms with van der Waals surface area (Å²) in [4.78, 5) is 8.49. The van der Waals surface area contributed by atoms with Gasteiger partial charge in [0, 0.05) is 19.1 Å². The maximum absolute atomic E-state index is 11.6. The van der Waals surface area contributed by atoms with Gasteiger partial charge in [0.15, 0.2) is 0 Å². The number of nitrogens with zero attached hydrogens (tertiary/aromatic N) is 4. The van der Waals surface area contributed by atoms with Crippen LogP contribution in [0.25, 0.3) is 0 Å². The second kappa shape index (κ2) is 7.58. The molecule has 3 rings (SSSR count). The van der Waals surface area contributed by atoms with E-state index >= 15 is 0 Å². The molecule has 2 N–H and O–H groups in total. The summed E-state index contributed by atoms with van der Waals surface area (Å²) in [5, 5.41) is 22.9. The van der Waals surface area contributed by atoms with E-state index in [0.29, 0.717) is 44.7 Å². The summed E-state index contributed by atoms with van der Waals surface area (Å²) in [6.45, 7) is 2.62. The van der Waals surface area contributed by atoms with Gasteiger partial charge in [-0.15, -0.1) is 0 Å². The summed E-state index contributed by atoms with van der Waals surface area (Å²) in [5.41, 5.74) is -0.723. The van der Waals surface area contributed by atoms with Crippen LogP contribution < -0.4 is 10.1 Å². The molecule has 27 heavy (non-hydrogen) atoms. The van der Waals surface area contributed by atoms with Crippen LogP contribution in [0.3, 0.4) is 0 Å². The smallest absolute Gasteiger partial charge is 0.236 e. The second-order valence-electron chi connectivity index (χ2n) is 7.46. The lowest BCUT2D eigenvalue weighted by Gasteiger charge is -2.30. The third-order valence-electron chi connectivity index (χ3n) is 5.23. The normalized spacial score (nSPS) is 27.3. The van der Waals surface area contributed by atoms with E-state index in [4.69, 9.17) is 4.74 Å². The third kappa shape index (κ3) is 4.66. The van der Waals surface area contributed by atoms with Crippen LogP contribution >= 0.6 is 0 Å². The monoisotopic (exact) mass is 395 g/mol. The van der Waals surface area contributed by atoms with Gasteiger partial charge in [0.1, 0.15) is 17.7 Å². The van der Waals surface area contributed by atoms with Crippen LogP contribution in [0.15, 0.2) is 6.20 Å². The lowest BCUT2D eigenvalue weighted by Crippen LogP contribution is -2.42. The fourth-order valence-corrected chi connectivity index (χ4v) is 4.43. The van der Waals surface area contributed by atoms with Crippen LogP contribution in [-0.2, 0) is 10.0 Å². The quantitative estimate of drug-likeness (QED) is 0.751. The maximum Gasteiger partial charge on any atom is 0.236 e. The molecule has 0 spiro atoms. The van der Waals surface area contributed by atoms with E-state index in [9.17, 15) is 18.8 Å². The van der Waals surface area contributed by atoms with Gasteiger partial charge in [0.25, 0.3) is 0 Å². The molecular weight excluding hydrogens is 370 g/mol. The minimum absolute atomic E-state index is 0.0402. The van der Waals surface area contributed by atoms with Crippen molar-refractivity contribution in [1.82, 2.24) is 14.3 Å². The van der Waals surface area contributed by atoms with Crippen molar-refractivity contribution in [2.75, 3.05) is 24.7 Å². The molecule has 1 saturated heterocycles. The molecule has 2 atom stereocenters. The molecule has 1 saturated carbocycles. The van der Waals surface area contributed by atoms with Gasteiger partial charge in [-0.1, -0.05) is 0 Å². The lowest BCUT2D eigenvalue weighted by atomic mass is 10.0. The minimum atomic E-state index is -3.17. The summed E-state index contributed by atoms with van der Waals surface area (Å²) in [5.74, 6) is 0.496. The first-order valence-corrected chi connectivity index (χ1v) is 10.9. The Balaban J connectivity index is 1.68. The zero-order chi connectivity index (χ0) is 19.7. The van der Waals surface area contributed by atoms with Crippen molar-refractivity contribution in [1.29, 1.82) is 5.26 Å². The molecule has 1 aliphatic heterocycles. The van der Waals surface area contributed by atoms with Crippen LogP contribution in [0.5, 0.6) is 5.88 Å². The summed E-state index contributed by atoms with van der Waals surface area (Å²) in [6.07, 6.45) is 5.70. The first kappa shape index (κ1) is 19.8. The molecule has 2 fully saturated rings. The zero-order valence-corrected chi connectivity index (χ0v) is 16.4. The van der Waals surface area contributed by atoms with Gasteiger partial charge in [-0.05, 0) is 39.0 Å². The summed E-state index contributed by atoms with van der Waals surface area (Å²) >= 11 is 0. The molecule has 148 valence electrons. The molecule has 0 unspecified atom stereocenters. The van der Waals surface area contributed by atoms with Gasteiger partial charge in [-0.3, -0.25) is 0 Å². The highest BCUT2D eigenvalue weighted by Crippen LogP contribution is 2.33. The molecule has 0 bridgehead atoms. The van der Waals surface area contributed by atoms with E-state index in [2.05, 4.69) is 15.3 Å². The van der Waals surface area contributed by atoms with Crippen LogP contribution in [0.4, 0.5) is 5.95 Å². The Bertz CT molecular complexity index is 828. The largest absolute Gasteiger partial charge is 0.470 e. The Hall–Kier alpha value is -1.96. The maximum atomic E-state index is 11.6. The van der Waals surface area contributed by atoms with Gasteiger partial charge in [-0.25, -0.2) is 17.7 Å². The molecule has 1 aromatic rings. The van der Waals surface area contributed by atoms with Crippen molar-refractivity contribution in [3.05, 3.63) is 11.8 Å². The molecule has 9 nitrogen and oxygen atoms in total. The predicted octanol–water partition coefficient (Wildman–Crippen LogP) is 0.866. The molecule has 0 radical (unpaired) electrons. The number of hydrogen-bond donors (Lipinski definition) is 2. The summed E-state index contributed by atoms with van der Waals surface area (Å²) in [6, 6.07) is 2.06. The predicted molar refractivity (Wildman–Crippen MR) is 98.7 cm³/mol. The van der Waals surface area contributed by atoms with Gasteiger partial charge < -0.3 is 15.2 Å². The molecule has 0 amide bonds. The average Bonchev–Trinajstić information content (AvgIpc) is 2.93. The first-order chi connectivity index (χ1) is 12.7. The van der Waals surface area contributed by atoms with Gasteiger partial charge >= 0.3 is 0 Å². The number of aliphatic hydroxyl groups is 1. The van der Waals surface area contributed by atoms with E-state index in [-0.39, 0.29) is 17.5 Å². The minimum Gasteiger partial charge on any atom is -0.470 e. The van der Waals surface area contributed by atoms with E-state index < -0.39 is 21.7 Å². The Morgan fingerprint density at radius 2 is 2.11 bits per heavy atom. The third-order valence-corrected chi connectivity index (χ3v) is 6.53. The fraction of sp³-hybridized carbons (Fsp3) is 0.706. The van der Waals surface area contributed by atoms with Gasteiger partial charge in [-0.2, -0.15) is 10.2 Å². The van der Waals surface area contributed by atoms with Crippen LogP contribution in [0.2, 0.25) is 0 Å². The number of piperidine rings is 1. The number of aromatic nitrogens is 2. The zero-order valence-electron chi connectivity index (χ0n) is 15.6. The van der Waals surface area contributed by atoms with E-state index in [0.717, 1.165) is 6.42 Å². The van der Waals surface area contributed by atoms with E-state index in [1.165, 1.54) is 16.8 Å². The van der Waals surface area contributed by atoms with Crippen molar-refractivity contribution in [3.8, 4) is 11.9 Å². The fourth-order valence-electron chi connectivity index (χ4n) is 3.55. The standard InChI is InChI=1S/C17H25N5O4S/c1-17(23)7-3-4-14(17)26-15-12(10-18)11-19-16(21-15)20-13-5-8-22(9-6-13)27(2,24)25/h11,13-14,23H,3-9H2,1-2H3,(H,19,20,21)/t14-,17-/m1/s1. The molecule has 2 aliphatic rings.